The van der Waals surface area contributed by atoms with E-state index < -0.39 is 42.0 Å². The van der Waals surface area contributed by atoms with E-state index in [2.05, 4.69) is 19.5 Å². The molecule has 2 atom stereocenters. The van der Waals surface area contributed by atoms with Crippen LogP contribution in [-0.4, -0.2) is 36.0 Å². The van der Waals surface area contributed by atoms with Gasteiger partial charge in [-0.3, -0.25) is 4.99 Å². The second kappa shape index (κ2) is 17.5. The van der Waals surface area contributed by atoms with Crippen LogP contribution < -0.4 is 9.47 Å². The van der Waals surface area contributed by atoms with Crippen molar-refractivity contribution in [3.63, 3.8) is 0 Å². The zero-order chi connectivity index (χ0) is 42.6. The predicted molar refractivity (Wildman–Crippen MR) is 207 cm³/mol. The van der Waals surface area contributed by atoms with Gasteiger partial charge in [-0.25, -0.2) is 22.6 Å². The van der Waals surface area contributed by atoms with Crippen LogP contribution in [0.25, 0.3) is 22.3 Å². The third kappa shape index (κ3) is 10.3. The molecule has 6 aromatic rings. The van der Waals surface area contributed by atoms with Crippen LogP contribution in [0.1, 0.15) is 34.3 Å². The molecule has 2 aliphatic heterocycles. The van der Waals surface area contributed by atoms with Crippen LogP contribution >= 0.6 is 11.8 Å². The van der Waals surface area contributed by atoms with E-state index in [1.165, 1.54) is 72.4 Å². The number of thioether (sulfide) groups is 1. The standard InChI is InChI=1S/C22H14F5NO2.C22H14F5NOS/c23-17-2-1-3-18(24)20(17)21-28-19(12-29-21)15-6-4-13(5-7-15)14-8-10-16(11-9-14)30-22(25,26)27;23-17-2-1-3-18(24)20(17)21-28-19(12-30-21)15-6-4-13(5-7-15)14-8-10-16(11-9-14)29-22(25,26)27/h2*1-11,19H,12H2. The molecule has 0 fully saturated rings. The lowest BCUT2D eigenvalue weighted by atomic mass is 10.0. The van der Waals surface area contributed by atoms with Gasteiger partial charge < -0.3 is 14.2 Å². The highest BCUT2D eigenvalue weighted by Gasteiger charge is 2.32. The Labute approximate surface area is 340 Å². The van der Waals surface area contributed by atoms with Crippen molar-refractivity contribution in [3.05, 3.63) is 179 Å². The molecule has 0 radical (unpaired) electrons. The van der Waals surface area contributed by atoms with Gasteiger partial charge in [0.25, 0.3) is 0 Å². The van der Waals surface area contributed by atoms with E-state index >= 15 is 0 Å². The van der Waals surface area contributed by atoms with Gasteiger partial charge >= 0.3 is 12.7 Å². The molecule has 0 N–H and O–H groups in total. The van der Waals surface area contributed by atoms with Crippen LogP contribution in [0.5, 0.6) is 11.5 Å². The van der Waals surface area contributed by atoms with Gasteiger partial charge in [-0.05, 0) is 81.9 Å². The van der Waals surface area contributed by atoms with Crippen LogP contribution in [0.15, 0.2) is 143 Å². The Kier molecular flexibility index (Phi) is 12.2. The molecule has 2 heterocycles. The van der Waals surface area contributed by atoms with Gasteiger partial charge in [0.2, 0.25) is 5.90 Å². The Balaban J connectivity index is 0.000000181. The summed E-state index contributed by atoms with van der Waals surface area (Å²) in [6, 6.07) is 32.2. The quantitative estimate of drug-likeness (QED) is 0.143. The van der Waals surface area contributed by atoms with Gasteiger partial charge in [-0.1, -0.05) is 84.9 Å². The molecule has 0 aromatic heterocycles. The van der Waals surface area contributed by atoms with Crippen molar-refractivity contribution in [1.82, 2.24) is 0 Å². The molecule has 6 aromatic carbocycles. The van der Waals surface area contributed by atoms with E-state index in [0.717, 1.165) is 39.9 Å². The molecule has 0 saturated carbocycles. The third-order valence-electron chi connectivity index (χ3n) is 9.09. The van der Waals surface area contributed by atoms with Crippen molar-refractivity contribution in [3.8, 4) is 33.8 Å². The second-order valence-electron chi connectivity index (χ2n) is 13.1. The van der Waals surface area contributed by atoms with Crippen LogP contribution in [0.4, 0.5) is 43.9 Å². The van der Waals surface area contributed by atoms with Gasteiger partial charge in [0.15, 0.2) is 0 Å². The van der Waals surface area contributed by atoms with Crippen LogP contribution in [-0.2, 0) is 4.74 Å². The zero-order valence-electron chi connectivity index (χ0n) is 30.6. The summed E-state index contributed by atoms with van der Waals surface area (Å²) in [5.41, 5.74) is 4.29. The normalized spacial score (nSPS) is 16.3. The summed E-state index contributed by atoms with van der Waals surface area (Å²) in [5.74, 6) is -2.89. The Bertz CT molecular complexity index is 2290. The number of hydrogen-bond donors (Lipinski definition) is 0. The smallest absolute Gasteiger partial charge is 0.475 e. The first-order valence-electron chi connectivity index (χ1n) is 17.8. The summed E-state index contributed by atoms with van der Waals surface area (Å²) in [5, 5.41) is 0.333. The summed E-state index contributed by atoms with van der Waals surface area (Å²) in [4.78, 5) is 8.76. The molecule has 60 heavy (non-hydrogen) atoms. The van der Waals surface area contributed by atoms with Gasteiger partial charge in [0.05, 0.1) is 11.6 Å². The first-order chi connectivity index (χ1) is 28.6. The maximum Gasteiger partial charge on any atom is 0.573 e. The molecule has 2 aliphatic rings. The molecule has 308 valence electrons. The Morgan fingerprint density at radius 2 is 0.867 bits per heavy atom. The first-order valence-corrected chi connectivity index (χ1v) is 18.8. The number of nitrogens with zero attached hydrogens (tertiary/aromatic N) is 2. The number of aliphatic imine (C=N–C) groups is 2. The van der Waals surface area contributed by atoms with E-state index in [-0.39, 0.29) is 41.2 Å². The van der Waals surface area contributed by atoms with Crippen LogP contribution in [0.3, 0.4) is 0 Å². The number of benzene rings is 6. The fourth-order valence-corrected chi connectivity index (χ4v) is 7.38. The summed E-state index contributed by atoms with van der Waals surface area (Å²) >= 11 is 1.30. The highest BCUT2D eigenvalue weighted by molar-refractivity contribution is 8.14. The Morgan fingerprint density at radius 1 is 0.483 bits per heavy atom. The molecule has 0 spiro atoms. The van der Waals surface area contributed by atoms with E-state index in [1.807, 2.05) is 24.3 Å². The maximum absolute atomic E-state index is 14.0. The minimum Gasteiger partial charge on any atom is -0.475 e. The van der Waals surface area contributed by atoms with Crippen molar-refractivity contribution in [2.45, 2.75) is 24.8 Å². The van der Waals surface area contributed by atoms with Crippen molar-refractivity contribution in [2.75, 3.05) is 12.4 Å². The minimum atomic E-state index is -4.74. The van der Waals surface area contributed by atoms with Crippen molar-refractivity contribution in [2.24, 2.45) is 9.98 Å². The summed E-state index contributed by atoms with van der Waals surface area (Å²) in [6.45, 7) is 0.145. The number of hydrogen-bond acceptors (Lipinski definition) is 6. The van der Waals surface area contributed by atoms with Gasteiger partial charge in [-0.15, -0.1) is 38.1 Å². The third-order valence-corrected chi connectivity index (χ3v) is 10.2. The van der Waals surface area contributed by atoms with Crippen molar-refractivity contribution < 1.29 is 58.1 Å². The fourth-order valence-electron chi connectivity index (χ4n) is 6.26. The minimum absolute atomic E-state index is 0.0834. The van der Waals surface area contributed by atoms with Crippen molar-refractivity contribution in [1.29, 1.82) is 0 Å². The summed E-state index contributed by atoms with van der Waals surface area (Å²) in [7, 11) is 0. The SMILES string of the molecule is Fc1cccc(F)c1C1=NC(c2ccc(-c3ccc(OC(F)(F)F)cc3)cc2)CO1.Fc1cccc(F)c1C1=NC(c2ccc(-c3ccc(OC(F)(F)F)cc3)cc2)CS1. The van der Waals surface area contributed by atoms with Gasteiger partial charge in [-0.2, -0.15) is 0 Å². The molecule has 0 amide bonds. The average molecular weight is 855 g/mol. The molecule has 0 saturated heterocycles. The maximum atomic E-state index is 14.0. The number of alkyl halides is 6. The molecule has 5 nitrogen and oxygen atoms in total. The van der Waals surface area contributed by atoms with Crippen LogP contribution in [0, 0.1) is 23.3 Å². The molecule has 2 unspecified atom stereocenters. The lowest BCUT2D eigenvalue weighted by molar-refractivity contribution is -0.275. The largest absolute Gasteiger partial charge is 0.573 e. The molecule has 16 heteroatoms. The highest BCUT2D eigenvalue weighted by atomic mass is 32.2. The zero-order valence-corrected chi connectivity index (χ0v) is 31.4. The van der Waals surface area contributed by atoms with Gasteiger partial charge in [0, 0.05) is 5.75 Å². The van der Waals surface area contributed by atoms with Gasteiger partial charge in [0.1, 0.15) is 58.0 Å². The Morgan fingerprint density at radius 3 is 1.28 bits per heavy atom. The van der Waals surface area contributed by atoms with Crippen molar-refractivity contribution >= 4 is 22.7 Å². The molecular weight excluding hydrogens is 827 g/mol. The predicted octanol–water partition coefficient (Wildman–Crippen LogP) is 12.8. The number of rotatable bonds is 8. The van der Waals surface area contributed by atoms with Crippen LogP contribution in [0.2, 0.25) is 0 Å². The lowest BCUT2D eigenvalue weighted by Crippen LogP contribution is -2.16. The summed E-state index contributed by atoms with van der Waals surface area (Å²) in [6.07, 6.45) is -9.47. The van der Waals surface area contributed by atoms with E-state index in [4.69, 9.17) is 4.74 Å². The molecule has 8 rings (SSSR count). The van der Waals surface area contributed by atoms with E-state index in [9.17, 15) is 43.9 Å². The van der Waals surface area contributed by atoms with E-state index in [1.54, 1.807) is 36.4 Å². The first kappa shape index (κ1) is 41.9. The summed E-state index contributed by atoms with van der Waals surface area (Å²) < 4.78 is 142. The molecular formula is C44H28F10N2O3S. The lowest BCUT2D eigenvalue weighted by Gasteiger charge is -2.10. The number of halogens is 10. The number of ether oxygens (including phenoxy) is 3. The fraction of sp³-hybridized carbons (Fsp3) is 0.136. The van der Waals surface area contributed by atoms with E-state index in [0.29, 0.717) is 16.4 Å². The topological polar surface area (TPSA) is 52.4 Å². The second-order valence-corrected chi connectivity index (χ2v) is 14.1. The molecule has 0 aliphatic carbocycles. The monoisotopic (exact) mass is 854 g/mol. The highest BCUT2D eigenvalue weighted by Crippen LogP contribution is 2.36. The molecule has 0 bridgehead atoms. The Hall–Kier alpha value is -6.29. The average Bonchev–Trinajstić information content (AvgIpc) is 3.89.